The molecule has 1 aliphatic carbocycles. The molecule has 0 aliphatic heterocycles. The maximum atomic E-state index is 13.5. The zero-order valence-corrected chi connectivity index (χ0v) is 24.3. The lowest BCUT2D eigenvalue weighted by Gasteiger charge is -2.26. The van der Waals surface area contributed by atoms with Crippen LogP contribution in [0.15, 0.2) is 66.9 Å². The molecule has 0 radical (unpaired) electrons. The molecule has 1 aliphatic rings. The van der Waals surface area contributed by atoms with Crippen molar-refractivity contribution in [2.75, 3.05) is 0 Å². The number of benzene rings is 2. The van der Waals surface area contributed by atoms with E-state index in [9.17, 15) is 26.7 Å². The number of nitrogens with one attached hydrogen (secondary N) is 1. The van der Waals surface area contributed by atoms with Crippen LogP contribution >= 0.6 is 22.9 Å². The Labute approximate surface area is 240 Å². The number of fused-ring (bicyclic) bond motifs is 1. The highest BCUT2D eigenvalue weighted by molar-refractivity contribution is 7.90. The maximum Gasteiger partial charge on any atom is 0.421 e. The quantitative estimate of drug-likeness (QED) is 0.218. The van der Waals surface area contributed by atoms with Crippen LogP contribution in [0.4, 0.5) is 13.2 Å². The van der Waals surface area contributed by atoms with Gasteiger partial charge in [-0.15, -0.1) is 11.3 Å². The van der Waals surface area contributed by atoms with E-state index >= 15 is 0 Å². The van der Waals surface area contributed by atoms with Crippen molar-refractivity contribution in [3.05, 3.63) is 87.9 Å². The predicted octanol–water partition coefficient (Wildman–Crippen LogP) is 7.44. The third kappa shape index (κ3) is 5.39. The van der Waals surface area contributed by atoms with Crippen LogP contribution in [0, 0.1) is 11.8 Å². The number of hydrogen-bond acceptors (Lipinski definition) is 5. The fourth-order valence-corrected chi connectivity index (χ4v) is 8.53. The van der Waals surface area contributed by atoms with Crippen molar-refractivity contribution < 1.29 is 26.7 Å². The van der Waals surface area contributed by atoms with Crippen molar-refractivity contribution in [2.45, 2.75) is 50.3 Å². The lowest BCUT2D eigenvalue weighted by Crippen LogP contribution is -2.39. The molecule has 0 amide bonds. The molecule has 1 fully saturated rings. The standard InChI is InChI=1S/C29H28ClF3N2O3S2/c1-16(2)21-15-25(21)40(37,38)35-26(19-8-4-5-10-22(19)30)24-13-17-7-6-9-20(27(17)39-24)23-14-18(11-12-34-23)28(3,36)29(31,32)33/h4-14,16,21,25-26,35-36H,15H2,1-3H3/t21-,25+,26?,28+/m1/s1. The molecular weight excluding hydrogens is 581 g/mol. The number of nitrogens with zero attached hydrogens (tertiary/aromatic N) is 1. The topological polar surface area (TPSA) is 79.3 Å². The molecule has 5 nitrogen and oxygen atoms in total. The van der Waals surface area contributed by atoms with Gasteiger partial charge in [0.15, 0.2) is 5.60 Å². The van der Waals surface area contributed by atoms with E-state index in [1.54, 1.807) is 36.4 Å². The Morgan fingerprint density at radius 2 is 1.82 bits per heavy atom. The predicted molar refractivity (Wildman–Crippen MR) is 153 cm³/mol. The van der Waals surface area contributed by atoms with E-state index in [0.717, 1.165) is 16.2 Å². The van der Waals surface area contributed by atoms with E-state index in [-0.39, 0.29) is 23.1 Å². The second kappa shape index (κ2) is 10.4. The first kappa shape index (κ1) is 29.0. The van der Waals surface area contributed by atoms with E-state index in [2.05, 4.69) is 9.71 Å². The van der Waals surface area contributed by atoms with Crippen molar-refractivity contribution in [2.24, 2.45) is 11.8 Å². The molecule has 40 heavy (non-hydrogen) atoms. The Morgan fingerprint density at radius 1 is 1.10 bits per heavy atom. The van der Waals surface area contributed by atoms with Gasteiger partial charge in [0.25, 0.3) is 0 Å². The largest absolute Gasteiger partial charge is 0.421 e. The van der Waals surface area contributed by atoms with Crippen LogP contribution in [0.5, 0.6) is 0 Å². The summed E-state index contributed by atoms with van der Waals surface area (Å²) in [7, 11) is -3.68. The van der Waals surface area contributed by atoms with Gasteiger partial charge in [-0.1, -0.05) is 61.8 Å². The molecule has 0 spiro atoms. The van der Waals surface area contributed by atoms with Crippen LogP contribution in [-0.4, -0.2) is 29.9 Å². The molecule has 1 saturated carbocycles. The smallest absolute Gasteiger partial charge is 0.376 e. The van der Waals surface area contributed by atoms with Gasteiger partial charge in [-0.3, -0.25) is 4.98 Å². The van der Waals surface area contributed by atoms with Gasteiger partial charge in [0.2, 0.25) is 10.0 Å². The number of pyridine rings is 1. The summed E-state index contributed by atoms with van der Waals surface area (Å²) >= 11 is 7.86. The first-order chi connectivity index (χ1) is 18.7. The number of thiophene rings is 1. The van der Waals surface area contributed by atoms with Crippen LogP contribution in [0.25, 0.3) is 21.3 Å². The second-order valence-corrected chi connectivity index (χ2v) is 14.1. The van der Waals surface area contributed by atoms with E-state index < -0.39 is 33.1 Å². The minimum atomic E-state index is -4.87. The number of rotatable bonds is 8. The minimum absolute atomic E-state index is 0.0886. The average molecular weight is 609 g/mol. The van der Waals surface area contributed by atoms with Gasteiger partial charge in [-0.25, -0.2) is 13.1 Å². The van der Waals surface area contributed by atoms with Gasteiger partial charge >= 0.3 is 6.18 Å². The van der Waals surface area contributed by atoms with Gasteiger partial charge in [-0.2, -0.15) is 13.2 Å². The summed E-state index contributed by atoms with van der Waals surface area (Å²) in [4.78, 5) is 4.97. The number of aliphatic hydroxyl groups is 1. The summed E-state index contributed by atoms with van der Waals surface area (Å²) in [6.45, 7) is 4.73. The fourth-order valence-electron chi connectivity index (χ4n) is 4.95. The molecule has 4 aromatic rings. The number of hydrogen-bond donors (Lipinski definition) is 2. The molecule has 0 saturated heterocycles. The zero-order chi connectivity index (χ0) is 29.0. The highest BCUT2D eigenvalue weighted by atomic mass is 35.5. The number of alkyl halides is 3. The lowest BCUT2D eigenvalue weighted by atomic mass is 9.94. The highest BCUT2D eigenvalue weighted by Gasteiger charge is 2.51. The van der Waals surface area contributed by atoms with Gasteiger partial charge in [0.05, 0.1) is 17.0 Å². The van der Waals surface area contributed by atoms with Crippen LogP contribution in [0.3, 0.4) is 0 Å². The van der Waals surface area contributed by atoms with Gasteiger partial charge in [-0.05, 0) is 66.0 Å². The third-order valence-electron chi connectivity index (χ3n) is 7.53. The van der Waals surface area contributed by atoms with E-state index in [1.807, 2.05) is 26.0 Å². The number of aromatic nitrogens is 1. The number of sulfonamides is 1. The number of halogens is 4. The first-order valence-electron chi connectivity index (χ1n) is 12.7. The SMILES string of the molecule is CC(C)[C@H]1C[C@@H]1S(=O)(=O)NC(c1cc2cccc(-c3cc([C@](C)(O)C(F)(F)F)ccn3)c2s1)c1ccccc1Cl. The molecule has 212 valence electrons. The van der Waals surface area contributed by atoms with E-state index in [1.165, 1.54) is 23.6 Å². The summed E-state index contributed by atoms with van der Waals surface area (Å²) in [6, 6.07) is 15.9. The molecule has 1 unspecified atom stereocenters. The Morgan fingerprint density at radius 3 is 2.48 bits per heavy atom. The average Bonchev–Trinajstić information content (AvgIpc) is 3.61. The molecular formula is C29H28ClF3N2O3S2. The van der Waals surface area contributed by atoms with Crippen LogP contribution in [-0.2, 0) is 15.6 Å². The summed E-state index contributed by atoms with van der Waals surface area (Å²) in [5.74, 6) is 0.333. The van der Waals surface area contributed by atoms with Crippen molar-refractivity contribution in [1.29, 1.82) is 0 Å². The molecule has 2 aromatic carbocycles. The Hall–Kier alpha value is -2.50. The minimum Gasteiger partial charge on any atom is -0.376 e. The third-order valence-corrected chi connectivity index (χ3v) is 11.0. The van der Waals surface area contributed by atoms with Crippen molar-refractivity contribution in [3.8, 4) is 11.3 Å². The second-order valence-electron chi connectivity index (χ2n) is 10.7. The Balaban J connectivity index is 1.59. The molecule has 2 N–H and O–H groups in total. The normalized spacial score (nSPS) is 20.0. The summed E-state index contributed by atoms with van der Waals surface area (Å²) in [5.41, 5.74) is -1.96. The van der Waals surface area contributed by atoms with Gasteiger partial charge in [0, 0.05) is 26.4 Å². The molecule has 11 heteroatoms. The van der Waals surface area contributed by atoms with Crippen molar-refractivity contribution in [3.63, 3.8) is 0 Å². The molecule has 4 atom stereocenters. The van der Waals surface area contributed by atoms with Gasteiger partial charge in [0.1, 0.15) is 0 Å². The molecule has 2 aromatic heterocycles. The molecule has 2 heterocycles. The Bertz CT molecular complexity index is 1670. The van der Waals surface area contributed by atoms with E-state index in [0.29, 0.717) is 34.4 Å². The zero-order valence-electron chi connectivity index (χ0n) is 21.9. The summed E-state index contributed by atoms with van der Waals surface area (Å²) < 4.78 is 71.0. The fraction of sp³-hybridized carbons (Fsp3) is 0.345. The highest BCUT2D eigenvalue weighted by Crippen LogP contribution is 2.45. The van der Waals surface area contributed by atoms with Crippen molar-refractivity contribution in [1.82, 2.24) is 9.71 Å². The molecule has 5 rings (SSSR count). The summed E-state index contributed by atoms with van der Waals surface area (Å²) in [5, 5.41) is 10.9. The van der Waals surface area contributed by atoms with Gasteiger partial charge < -0.3 is 5.11 Å². The summed E-state index contributed by atoms with van der Waals surface area (Å²) in [6.07, 6.45) is -3.04. The molecule has 0 bridgehead atoms. The Kier molecular flexibility index (Phi) is 7.54. The maximum absolute atomic E-state index is 13.5. The lowest BCUT2D eigenvalue weighted by molar-refractivity contribution is -0.258. The first-order valence-corrected chi connectivity index (χ1v) is 15.5. The monoisotopic (exact) mass is 608 g/mol. The van der Waals surface area contributed by atoms with Crippen LogP contribution in [0.2, 0.25) is 5.02 Å². The van der Waals surface area contributed by atoms with Crippen molar-refractivity contribution >= 4 is 43.0 Å². The van der Waals surface area contributed by atoms with E-state index in [4.69, 9.17) is 11.6 Å². The van der Waals surface area contributed by atoms with Crippen LogP contribution in [0.1, 0.15) is 49.2 Å². The van der Waals surface area contributed by atoms with Crippen LogP contribution < -0.4 is 4.72 Å².